The van der Waals surface area contributed by atoms with E-state index in [1.165, 1.54) is 5.56 Å². The summed E-state index contributed by atoms with van der Waals surface area (Å²) in [6, 6.07) is 12.8. The molecule has 2 heterocycles. The fraction of sp³-hybridized carbons (Fsp3) is 0.567. The van der Waals surface area contributed by atoms with E-state index in [0.29, 0.717) is 26.2 Å². The molecule has 3 N–H and O–H groups in total. The number of benzene rings is 1. The molecule has 0 bridgehead atoms. The summed E-state index contributed by atoms with van der Waals surface area (Å²) in [6.07, 6.45) is 5.46. The smallest absolute Gasteiger partial charge is 0.326 e. The van der Waals surface area contributed by atoms with E-state index in [2.05, 4.69) is 27.7 Å². The molecular formula is C30H44N4O4. The Morgan fingerprint density at radius 3 is 2.66 bits per heavy atom. The topological polar surface area (TPSA) is 104 Å². The third-order valence-electron chi connectivity index (χ3n) is 7.27. The Morgan fingerprint density at radius 2 is 1.92 bits per heavy atom. The number of ether oxygens (including phenoxy) is 1. The quantitative estimate of drug-likeness (QED) is 0.285. The molecule has 0 saturated heterocycles. The summed E-state index contributed by atoms with van der Waals surface area (Å²) < 4.78 is 5.56. The molecule has 0 fully saturated rings. The van der Waals surface area contributed by atoms with Gasteiger partial charge in [0.15, 0.2) is 0 Å². The highest BCUT2D eigenvalue weighted by atomic mass is 16.5. The number of rotatable bonds is 16. The zero-order chi connectivity index (χ0) is 27.4. The molecule has 1 aliphatic heterocycles. The van der Waals surface area contributed by atoms with Gasteiger partial charge in [-0.25, -0.2) is 9.78 Å². The van der Waals surface area contributed by atoms with Gasteiger partial charge in [0.2, 0.25) is 5.91 Å². The number of aryl methyl sites for hydroxylation is 2. The number of aliphatic carboxylic acids is 1. The molecule has 2 aromatic rings. The molecule has 0 spiro atoms. The second-order valence-corrected chi connectivity index (χ2v) is 10.5. The summed E-state index contributed by atoms with van der Waals surface area (Å²) in [7, 11) is 0. The molecule has 1 aliphatic rings. The minimum Gasteiger partial charge on any atom is -0.480 e. The van der Waals surface area contributed by atoms with Crippen LogP contribution in [0.15, 0.2) is 42.5 Å². The van der Waals surface area contributed by atoms with Crippen molar-refractivity contribution in [3.8, 4) is 0 Å². The first-order valence-corrected chi connectivity index (χ1v) is 13.9. The van der Waals surface area contributed by atoms with Crippen LogP contribution in [0.5, 0.6) is 0 Å². The van der Waals surface area contributed by atoms with Gasteiger partial charge in [-0.1, -0.05) is 36.4 Å². The normalized spacial score (nSPS) is 14.0. The predicted molar refractivity (Wildman–Crippen MR) is 151 cm³/mol. The second kappa shape index (κ2) is 14.8. The molecule has 1 amide bonds. The first-order valence-electron chi connectivity index (χ1n) is 13.9. The van der Waals surface area contributed by atoms with Crippen molar-refractivity contribution in [3.63, 3.8) is 0 Å². The Hall–Kier alpha value is -2.97. The van der Waals surface area contributed by atoms with Crippen molar-refractivity contribution in [3.05, 3.63) is 59.3 Å². The van der Waals surface area contributed by atoms with E-state index in [9.17, 15) is 14.7 Å². The SMILES string of the molecule is CCOCCN(CCCCc1ccc2c(n1)NCCC2)CC[C@H](NC(=O)C(C)(C)c1ccccc1)C(=O)O. The number of anilines is 1. The molecule has 208 valence electrons. The van der Waals surface area contributed by atoms with E-state index in [1.807, 2.05) is 51.1 Å². The first-order chi connectivity index (χ1) is 18.3. The maximum Gasteiger partial charge on any atom is 0.326 e. The largest absolute Gasteiger partial charge is 0.480 e. The first kappa shape index (κ1) is 29.6. The number of carboxylic acid groups (broad SMARTS) is 1. The van der Waals surface area contributed by atoms with Crippen LogP contribution >= 0.6 is 0 Å². The zero-order valence-electron chi connectivity index (χ0n) is 23.2. The van der Waals surface area contributed by atoms with Gasteiger partial charge in [-0.2, -0.15) is 0 Å². The molecule has 0 saturated carbocycles. The predicted octanol–water partition coefficient (Wildman–Crippen LogP) is 4.04. The summed E-state index contributed by atoms with van der Waals surface area (Å²) in [5, 5.41) is 16.0. The van der Waals surface area contributed by atoms with Gasteiger partial charge in [-0.15, -0.1) is 0 Å². The van der Waals surface area contributed by atoms with Crippen molar-refractivity contribution in [2.45, 2.75) is 70.8 Å². The van der Waals surface area contributed by atoms with Crippen molar-refractivity contribution in [2.24, 2.45) is 0 Å². The van der Waals surface area contributed by atoms with Crippen LogP contribution in [0, 0.1) is 0 Å². The minimum atomic E-state index is -1.01. The molecule has 1 aromatic heterocycles. The van der Waals surface area contributed by atoms with Crippen molar-refractivity contribution in [1.29, 1.82) is 0 Å². The van der Waals surface area contributed by atoms with Gasteiger partial charge in [0, 0.05) is 31.9 Å². The van der Waals surface area contributed by atoms with Gasteiger partial charge < -0.3 is 25.4 Å². The zero-order valence-corrected chi connectivity index (χ0v) is 23.2. The van der Waals surface area contributed by atoms with E-state index in [1.54, 1.807) is 0 Å². The van der Waals surface area contributed by atoms with E-state index < -0.39 is 17.4 Å². The highest BCUT2D eigenvalue weighted by molar-refractivity contribution is 5.90. The van der Waals surface area contributed by atoms with Crippen LogP contribution in [0.25, 0.3) is 0 Å². The Labute approximate surface area is 227 Å². The van der Waals surface area contributed by atoms with Crippen LogP contribution < -0.4 is 10.6 Å². The highest BCUT2D eigenvalue weighted by Crippen LogP contribution is 2.23. The monoisotopic (exact) mass is 524 g/mol. The molecule has 1 atom stereocenters. The number of carboxylic acids is 1. The highest BCUT2D eigenvalue weighted by Gasteiger charge is 2.33. The lowest BCUT2D eigenvalue weighted by atomic mass is 9.83. The van der Waals surface area contributed by atoms with E-state index in [4.69, 9.17) is 9.72 Å². The number of hydrogen-bond donors (Lipinski definition) is 3. The third-order valence-corrected chi connectivity index (χ3v) is 7.27. The number of fused-ring (bicyclic) bond motifs is 1. The molecule has 0 radical (unpaired) electrons. The average Bonchev–Trinajstić information content (AvgIpc) is 2.93. The molecule has 38 heavy (non-hydrogen) atoms. The Balaban J connectivity index is 1.51. The van der Waals surface area contributed by atoms with Crippen molar-refractivity contribution >= 4 is 17.7 Å². The van der Waals surface area contributed by atoms with Gasteiger partial charge in [0.25, 0.3) is 0 Å². The average molecular weight is 525 g/mol. The lowest BCUT2D eigenvalue weighted by molar-refractivity contribution is -0.142. The van der Waals surface area contributed by atoms with Gasteiger partial charge >= 0.3 is 5.97 Å². The van der Waals surface area contributed by atoms with Gasteiger partial charge in [-0.3, -0.25) is 4.79 Å². The van der Waals surface area contributed by atoms with E-state index in [-0.39, 0.29) is 5.91 Å². The van der Waals surface area contributed by atoms with Crippen LogP contribution in [-0.4, -0.2) is 72.3 Å². The number of nitrogens with one attached hydrogen (secondary N) is 2. The number of carbonyl (C=O) groups is 2. The standard InChI is InChI=1S/C30H44N4O4/c1-4-38-22-21-34(19-9-8-14-25-16-15-23-11-10-18-31-27(23)32-25)20-17-26(28(35)36)33-29(37)30(2,3)24-12-6-5-7-13-24/h5-7,12-13,15-16,26H,4,8-11,14,17-22H2,1-3H3,(H,31,32)(H,33,37)(H,35,36)/t26-/m0/s1. The van der Waals surface area contributed by atoms with Gasteiger partial charge in [0.1, 0.15) is 11.9 Å². The van der Waals surface area contributed by atoms with Crippen molar-refractivity contribution in [2.75, 3.05) is 44.7 Å². The maximum absolute atomic E-state index is 13.1. The fourth-order valence-corrected chi connectivity index (χ4v) is 4.72. The molecule has 0 unspecified atom stereocenters. The van der Waals surface area contributed by atoms with Crippen molar-refractivity contribution < 1.29 is 19.4 Å². The van der Waals surface area contributed by atoms with Crippen LogP contribution in [0.3, 0.4) is 0 Å². The number of nitrogens with zero attached hydrogens (tertiary/aromatic N) is 2. The summed E-state index contributed by atoms with van der Waals surface area (Å²) >= 11 is 0. The summed E-state index contributed by atoms with van der Waals surface area (Å²) in [6.45, 7) is 9.97. The Kier molecular flexibility index (Phi) is 11.5. The lowest BCUT2D eigenvalue weighted by Gasteiger charge is -2.28. The number of amides is 1. The Bertz CT molecular complexity index is 1030. The number of pyridine rings is 1. The van der Waals surface area contributed by atoms with Gasteiger partial charge in [-0.05, 0) is 83.0 Å². The fourth-order valence-electron chi connectivity index (χ4n) is 4.72. The molecule has 1 aromatic carbocycles. The summed E-state index contributed by atoms with van der Waals surface area (Å²) in [5.74, 6) is -0.271. The van der Waals surface area contributed by atoms with Crippen LogP contribution in [0.1, 0.15) is 63.3 Å². The van der Waals surface area contributed by atoms with E-state index >= 15 is 0 Å². The molecule has 0 aliphatic carbocycles. The maximum atomic E-state index is 13.1. The molecular weight excluding hydrogens is 480 g/mol. The van der Waals surface area contributed by atoms with Crippen molar-refractivity contribution in [1.82, 2.24) is 15.2 Å². The number of aromatic nitrogens is 1. The molecule has 3 rings (SSSR count). The van der Waals surface area contributed by atoms with Crippen LogP contribution in [-0.2, 0) is 32.6 Å². The third kappa shape index (κ3) is 8.81. The van der Waals surface area contributed by atoms with Crippen LogP contribution in [0.4, 0.5) is 5.82 Å². The number of carbonyl (C=O) groups excluding carboxylic acids is 1. The second-order valence-electron chi connectivity index (χ2n) is 10.5. The summed E-state index contributed by atoms with van der Waals surface area (Å²) in [5.41, 5.74) is 2.43. The summed E-state index contributed by atoms with van der Waals surface area (Å²) in [4.78, 5) is 32.1. The Morgan fingerprint density at radius 1 is 1.13 bits per heavy atom. The minimum absolute atomic E-state index is 0.288. The molecule has 8 nitrogen and oxygen atoms in total. The van der Waals surface area contributed by atoms with Crippen LogP contribution in [0.2, 0.25) is 0 Å². The van der Waals surface area contributed by atoms with Gasteiger partial charge in [0.05, 0.1) is 12.0 Å². The molecule has 8 heteroatoms. The van der Waals surface area contributed by atoms with E-state index in [0.717, 1.165) is 68.8 Å². The lowest BCUT2D eigenvalue weighted by Crippen LogP contribution is -2.49. The number of hydrogen-bond acceptors (Lipinski definition) is 6. The number of unbranched alkanes of at least 4 members (excludes halogenated alkanes) is 1.